The number of nitrogens with one attached hydrogen (secondary N) is 2. The fraction of sp³-hybridized carbons (Fsp3) is 0.611. The molecule has 2 fully saturated rings. The van der Waals surface area contributed by atoms with E-state index in [2.05, 4.69) is 10.3 Å². The average molecular weight is 329 g/mol. The Kier molecular flexibility index (Phi) is 3.70. The highest BCUT2D eigenvalue weighted by Gasteiger charge is 2.43. The normalized spacial score (nSPS) is 30.8. The summed E-state index contributed by atoms with van der Waals surface area (Å²) in [6, 6.07) is 1.43. The summed E-state index contributed by atoms with van der Waals surface area (Å²) in [5, 5.41) is 3.17. The summed E-state index contributed by atoms with van der Waals surface area (Å²) in [6.07, 6.45) is 7.12. The van der Waals surface area contributed by atoms with Crippen molar-refractivity contribution in [1.82, 2.24) is 10.3 Å². The zero-order valence-corrected chi connectivity index (χ0v) is 13.6. The third kappa shape index (κ3) is 2.54. The Morgan fingerprint density at radius 3 is 2.71 bits per heavy atom. The van der Waals surface area contributed by atoms with Crippen LogP contribution < -0.4 is 16.6 Å². The largest absolute Gasteiger partial charge is 0.365 e. The highest BCUT2D eigenvalue weighted by molar-refractivity contribution is 5.92. The van der Waals surface area contributed by atoms with Crippen molar-refractivity contribution in [1.29, 1.82) is 0 Å². The number of rotatable bonds is 3. The Morgan fingerprint density at radius 2 is 2.04 bits per heavy atom. The summed E-state index contributed by atoms with van der Waals surface area (Å²) in [5.74, 6) is 0.791. The lowest BCUT2D eigenvalue weighted by atomic mass is 9.86. The van der Waals surface area contributed by atoms with Crippen molar-refractivity contribution in [2.75, 3.05) is 0 Å². The zero-order chi connectivity index (χ0) is 16.8. The van der Waals surface area contributed by atoms with Crippen LogP contribution in [0.25, 0.3) is 0 Å². The molecule has 1 heterocycles. The van der Waals surface area contributed by atoms with Crippen molar-refractivity contribution < 1.29 is 9.59 Å². The van der Waals surface area contributed by atoms with Crippen molar-refractivity contribution >= 4 is 11.8 Å². The quantitative estimate of drug-likeness (QED) is 0.780. The van der Waals surface area contributed by atoms with E-state index in [1.165, 1.54) is 19.3 Å². The van der Waals surface area contributed by atoms with Crippen LogP contribution in [0.1, 0.15) is 66.2 Å². The minimum atomic E-state index is -0.734. The third-order valence-corrected chi connectivity index (χ3v) is 6.11. The minimum Gasteiger partial charge on any atom is -0.365 e. The fourth-order valence-electron chi connectivity index (χ4n) is 4.92. The van der Waals surface area contributed by atoms with Gasteiger partial charge in [-0.25, -0.2) is 0 Å². The van der Waals surface area contributed by atoms with E-state index in [9.17, 15) is 14.4 Å². The molecule has 6 nitrogen and oxygen atoms in total. The molecule has 0 aromatic carbocycles. The van der Waals surface area contributed by atoms with Crippen molar-refractivity contribution in [3.8, 4) is 0 Å². The molecule has 3 aliphatic rings. The molecule has 128 valence electrons. The van der Waals surface area contributed by atoms with Gasteiger partial charge >= 0.3 is 0 Å². The van der Waals surface area contributed by atoms with Gasteiger partial charge in [-0.1, -0.05) is 6.42 Å². The molecule has 0 saturated heterocycles. The lowest BCUT2D eigenvalue weighted by molar-refractivity contribution is -0.127. The van der Waals surface area contributed by atoms with Gasteiger partial charge in [-0.2, -0.15) is 0 Å². The van der Waals surface area contributed by atoms with E-state index in [0.717, 1.165) is 42.9 Å². The molecule has 2 saturated carbocycles. The molecule has 3 aliphatic carbocycles. The molecule has 1 aromatic rings. The summed E-state index contributed by atoms with van der Waals surface area (Å²) >= 11 is 0. The number of carbonyl (C=O) groups excluding carboxylic acids is 2. The van der Waals surface area contributed by atoms with E-state index in [0.29, 0.717) is 5.92 Å². The molecule has 0 radical (unpaired) electrons. The van der Waals surface area contributed by atoms with E-state index in [1.807, 2.05) is 0 Å². The second-order valence-corrected chi connectivity index (χ2v) is 7.55. The summed E-state index contributed by atoms with van der Waals surface area (Å²) in [4.78, 5) is 38.9. The Balaban J connectivity index is 1.57. The van der Waals surface area contributed by atoms with Crippen molar-refractivity contribution in [3.63, 3.8) is 0 Å². The molecular weight excluding hydrogens is 306 g/mol. The summed E-state index contributed by atoms with van der Waals surface area (Å²) in [5.41, 5.74) is 6.47. The number of nitrogens with two attached hydrogens (primary N) is 1. The highest BCUT2D eigenvalue weighted by Crippen LogP contribution is 2.48. The van der Waals surface area contributed by atoms with Crippen molar-refractivity contribution in [2.45, 2.75) is 51.0 Å². The first kappa shape index (κ1) is 15.4. The fourth-order valence-corrected chi connectivity index (χ4v) is 4.92. The molecule has 6 heteroatoms. The first-order valence-corrected chi connectivity index (χ1v) is 8.89. The Hall–Kier alpha value is -2.11. The van der Waals surface area contributed by atoms with Crippen LogP contribution in [0.2, 0.25) is 0 Å². The number of carbonyl (C=O) groups is 2. The first-order valence-electron chi connectivity index (χ1n) is 8.89. The number of hydrogen-bond acceptors (Lipinski definition) is 3. The molecule has 0 aliphatic heterocycles. The highest BCUT2D eigenvalue weighted by atomic mass is 16.2. The predicted octanol–water partition coefficient (Wildman–Crippen LogP) is 1.40. The van der Waals surface area contributed by atoms with Crippen LogP contribution in [0.5, 0.6) is 0 Å². The lowest BCUT2D eigenvalue weighted by Crippen LogP contribution is -2.38. The molecule has 0 spiro atoms. The Labute approximate surface area is 140 Å². The molecule has 2 bridgehead atoms. The van der Waals surface area contributed by atoms with Gasteiger partial charge in [0.1, 0.15) is 5.56 Å². The Morgan fingerprint density at radius 1 is 1.21 bits per heavy atom. The molecule has 2 amide bonds. The van der Waals surface area contributed by atoms with E-state index < -0.39 is 11.5 Å². The van der Waals surface area contributed by atoms with Crippen molar-refractivity contribution in [2.24, 2.45) is 23.5 Å². The summed E-state index contributed by atoms with van der Waals surface area (Å²) in [7, 11) is 0. The number of fused-ring (bicyclic) bond motifs is 3. The molecular formula is C18H23N3O3. The van der Waals surface area contributed by atoms with Gasteiger partial charge in [0.25, 0.3) is 11.5 Å². The maximum Gasteiger partial charge on any atom is 0.261 e. The predicted molar refractivity (Wildman–Crippen MR) is 88.3 cm³/mol. The number of pyridine rings is 1. The Bertz CT molecular complexity index is 754. The third-order valence-electron chi connectivity index (χ3n) is 6.11. The average Bonchev–Trinajstić information content (AvgIpc) is 3.17. The van der Waals surface area contributed by atoms with Crippen LogP contribution in [0.4, 0.5) is 0 Å². The number of aromatic nitrogens is 1. The summed E-state index contributed by atoms with van der Waals surface area (Å²) in [6.45, 7) is 0. The molecule has 24 heavy (non-hydrogen) atoms. The number of primary amides is 1. The molecule has 4 unspecified atom stereocenters. The van der Waals surface area contributed by atoms with E-state index in [4.69, 9.17) is 5.73 Å². The summed E-state index contributed by atoms with van der Waals surface area (Å²) < 4.78 is 0. The van der Waals surface area contributed by atoms with Gasteiger partial charge < -0.3 is 16.0 Å². The molecule has 4 rings (SSSR count). The SMILES string of the molecule is NC(=O)c1cc2c([nH]c1=O)CCCC2NC(=O)C1CC2CCC1C2. The van der Waals surface area contributed by atoms with Gasteiger partial charge in [0.2, 0.25) is 5.91 Å². The second-order valence-electron chi connectivity index (χ2n) is 7.55. The van der Waals surface area contributed by atoms with E-state index >= 15 is 0 Å². The number of amides is 2. The first-order chi connectivity index (χ1) is 11.5. The molecule has 4 atom stereocenters. The van der Waals surface area contributed by atoms with Gasteiger partial charge in [0.15, 0.2) is 0 Å². The van der Waals surface area contributed by atoms with Gasteiger partial charge in [-0.15, -0.1) is 0 Å². The van der Waals surface area contributed by atoms with Gasteiger partial charge in [-0.3, -0.25) is 14.4 Å². The van der Waals surface area contributed by atoms with Crippen LogP contribution in [0.3, 0.4) is 0 Å². The smallest absolute Gasteiger partial charge is 0.261 e. The monoisotopic (exact) mass is 329 g/mol. The van der Waals surface area contributed by atoms with Crippen LogP contribution >= 0.6 is 0 Å². The standard InChI is InChI=1S/C18H23N3O3/c19-16(22)13-8-12-14(2-1-3-15(12)21-18(13)24)20-17(23)11-7-9-4-5-10(11)6-9/h8-11,14H,1-7H2,(H2,19,22)(H,20,23)(H,21,24). The van der Waals surface area contributed by atoms with Gasteiger partial charge in [0, 0.05) is 11.6 Å². The topological polar surface area (TPSA) is 105 Å². The van der Waals surface area contributed by atoms with E-state index in [1.54, 1.807) is 6.07 Å². The zero-order valence-electron chi connectivity index (χ0n) is 13.6. The number of aromatic amines is 1. The van der Waals surface area contributed by atoms with Gasteiger partial charge in [0.05, 0.1) is 6.04 Å². The maximum absolute atomic E-state index is 12.7. The van der Waals surface area contributed by atoms with Crippen molar-refractivity contribution in [3.05, 3.63) is 33.2 Å². The number of H-pyrrole nitrogens is 1. The van der Waals surface area contributed by atoms with Crippen LogP contribution in [-0.4, -0.2) is 16.8 Å². The van der Waals surface area contributed by atoms with Crippen LogP contribution in [0, 0.1) is 17.8 Å². The van der Waals surface area contributed by atoms with Crippen LogP contribution in [0.15, 0.2) is 10.9 Å². The molecule has 1 aromatic heterocycles. The van der Waals surface area contributed by atoms with Gasteiger partial charge in [-0.05, 0) is 62.0 Å². The lowest BCUT2D eigenvalue weighted by Gasteiger charge is -2.29. The van der Waals surface area contributed by atoms with E-state index in [-0.39, 0.29) is 23.4 Å². The number of aryl methyl sites for hydroxylation is 1. The number of hydrogen-bond donors (Lipinski definition) is 3. The minimum absolute atomic E-state index is 0.0326. The second kappa shape index (κ2) is 5.76. The maximum atomic E-state index is 12.7. The molecule has 4 N–H and O–H groups in total. The van der Waals surface area contributed by atoms with Crippen LogP contribution in [-0.2, 0) is 11.2 Å².